The molecule has 69 heavy (non-hydrogen) atoms. The second-order valence-corrected chi connectivity index (χ2v) is 26.4. The minimum Gasteiger partial charge on any atom is -0.311 e. The van der Waals surface area contributed by atoms with E-state index in [4.69, 9.17) is 0 Å². The first-order valence-corrected chi connectivity index (χ1v) is 25.7. The molecular formula is C66H75BN2. The van der Waals surface area contributed by atoms with Crippen molar-refractivity contribution in [1.82, 2.24) is 0 Å². The van der Waals surface area contributed by atoms with Crippen LogP contribution in [0.5, 0.6) is 0 Å². The molecule has 0 unspecified atom stereocenters. The molecule has 2 heterocycles. The fourth-order valence-corrected chi connectivity index (χ4v) is 12.1. The van der Waals surface area contributed by atoms with Crippen LogP contribution in [-0.4, -0.2) is 6.71 Å². The number of hydrogen-bond donors (Lipinski definition) is 0. The maximum atomic E-state index is 2.68. The van der Waals surface area contributed by atoms with Crippen LogP contribution in [0.15, 0.2) is 133 Å². The van der Waals surface area contributed by atoms with Gasteiger partial charge in [-0.25, -0.2) is 0 Å². The van der Waals surface area contributed by atoms with Crippen LogP contribution >= 0.6 is 0 Å². The zero-order chi connectivity index (χ0) is 49.5. The van der Waals surface area contributed by atoms with E-state index in [0.29, 0.717) is 0 Å². The molecule has 0 saturated carbocycles. The molecule has 0 bridgehead atoms. The topological polar surface area (TPSA) is 6.48 Å². The van der Waals surface area contributed by atoms with E-state index in [9.17, 15) is 0 Å². The van der Waals surface area contributed by atoms with Crippen LogP contribution in [0.3, 0.4) is 0 Å². The lowest BCUT2D eigenvalue weighted by Crippen LogP contribution is -2.61. The van der Waals surface area contributed by atoms with Crippen molar-refractivity contribution in [2.24, 2.45) is 0 Å². The minimum absolute atomic E-state index is 0.0206. The first kappa shape index (κ1) is 46.9. The van der Waals surface area contributed by atoms with Crippen molar-refractivity contribution in [3.63, 3.8) is 0 Å². The van der Waals surface area contributed by atoms with Gasteiger partial charge >= 0.3 is 0 Å². The highest BCUT2D eigenvalue weighted by Crippen LogP contribution is 2.54. The predicted octanol–water partition coefficient (Wildman–Crippen LogP) is 16.6. The van der Waals surface area contributed by atoms with E-state index in [1.165, 1.54) is 112 Å². The fourth-order valence-electron chi connectivity index (χ4n) is 12.1. The molecule has 3 heteroatoms. The third-order valence-corrected chi connectivity index (χ3v) is 15.9. The van der Waals surface area contributed by atoms with E-state index in [1.54, 1.807) is 0 Å². The lowest BCUT2D eigenvalue weighted by molar-refractivity contribution is 0.403. The third kappa shape index (κ3) is 7.97. The largest absolute Gasteiger partial charge is 0.311 e. The summed E-state index contributed by atoms with van der Waals surface area (Å²) in [7, 11) is 0. The van der Waals surface area contributed by atoms with E-state index in [1.807, 2.05) is 0 Å². The Balaban J connectivity index is 1.26. The molecule has 2 nitrogen and oxygen atoms in total. The van der Waals surface area contributed by atoms with Crippen LogP contribution in [0.25, 0.3) is 22.3 Å². The molecule has 0 radical (unpaired) electrons. The summed E-state index contributed by atoms with van der Waals surface area (Å²) in [5.74, 6) is 0. The number of fused-ring (bicyclic) bond motifs is 5. The van der Waals surface area contributed by atoms with Crippen molar-refractivity contribution >= 4 is 57.2 Å². The van der Waals surface area contributed by atoms with Gasteiger partial charge in [-0.05, 0) is 166 Å². The van der Waals surface area contributed by atoms with Gasteiger partial charge in [-0.2, -0.15) is 0 Å². The van der Waals surface area contributed by atoms with Gasteiger partial charge in [-0.3, -0.25) is 0 Å². The Kier molecular flexibility index (Phi) is 10.6. The number of rotatable bonds is 4. The van der Waals surface area contributed by atoms with Gasteiger partial charge in [0.25, 0.3) is 6.71 Å². The Hall–Kier alpha value is -5.80. The summed E-state index contributed by atoms with van der Waals surface area (Å²) in [4.78, 5) is 5.26. The van der Waals surface area contributed by atoms with Gasteiger partial charge in [0, 0.05) is 34.0 Å². The van der Waals surface area contributed by atoms with Gasteiger partial charge in [0.1, 0.15) is 0 Å². The van der Waals surface area contributed by atoms with Crippen LogP contribution in [0, 0.1) is 6.92 Å². The average molecular weight is 907 g/mol. The molecule has 3 aliphatic rings. The highest BCUT2D eigenvalue weighted by atomic mass is 15.2. The summed E-state index contributed by atoms with van der Waals surface area (Å²) >= 11 is 0. The number of hydrogen-bond acceptors (Lipinski definition) is 2. The Morgan fingerprint density at radius 1 is 0.391 bits per heavy atom. The van der Waals surface area contributed by atoms with Crippen molar-refractivity contribution in [3.05, 3.63) is 172 Å². The molecule has 1 aliphatic carbocycles. The van der Waals surface area contributed by atoms with Crippen LogP contribution in [0.4, 0.5) is 34.1 Å². The van der Waals surface area contributed by atoms with Crippen molar-refractivity contribution in [2.45, 2.75) is 157 Å². The summed E-state index contributed by atoms with van der Waals surface area (Å²) in [6.45, 7) is 40.1. The third-order valence-electron chi connectivity index (χ3n) is 15.9. The highest BCUT2D eigenvalue weighted by Gasteiger charge is 2.48. The van der Waals surface area contributed by atoms with E-state index < -0.39 is 0 Å². The van der Waals surface area contributed by atoms with Gasteiger partial charge in [0.15, 0.2) is 0 Å². The average Bonchev–Trinajstić information content (AvgIpc) is 3.45. The Labute approximate surface area is 416 Å². The summed E-state index contributed by atoms with van der Waals surface area (Å²) in [6.07, 6.45) is 1.11. The van der Waals surface area contributed by atoms with Gasteiger partial charge < -0.3 is 9.80 Å². The Morgan fingerprint density at radius 3 is 1.35 bits per heavy atom. The molecule has 7 aromatic carbocycles. The second-order valence-electron chi connectivity index (χ2n) is 26.4. The minimum atomic E-state index is -0.0383. The Bertz CT molecular complexity index is 3150. The highest BCUT2D eigenvalue weighted by molar-refractivity contribution is 7.00. The monoisotopic (exact) mass is 907 g/mol. The molecule has 0 saturated heterocycles. The van der Waals surface area contributed by atoms with E-state index >= 15 is 0 Å². The summed E-state index contributed by atoms with van der Waals surface area (Å²) in [5.41, 5.74) is 26.4. The number of benzene rings is 7. The molecule has 0 aromatic heterocycles. The second kappa shape index (κ2) is 15.6. The molecule has 0 fully saturated rings. The molecule has 0 N–H and O–H groups in total. The fraction of sp³-hybridized carbons (Fsp3) is 0.364. The smallest absolute Gasteiger partial charge is 0.252 e. The van der Waals surface area contributed by atoms with Crippen LogP contribution in [0.1, 0.15) is 156 Å². The summed E-state index contributed by atoms with van der Waals surface area (Å²) < 4.78 is 0. The maximum Gasteiger partial charge on any atom is 0.252 e. The number of nitrogens with zero attached hydrogens (tertiary/aromatic N) is 2. The Morgan fingerprint density at radius 2 is 0.812 bits per heavy atom. The molecule has 2 aliphatic heterocycles. The van der Waals surface area contributed by atoms with E-state index in [0.717, 1.165) is 6.42 Å². The first-order chi connectivity index (χ1) is 32.1. The van der Waals surface area contributed by atoms with Crippen LogP contribution in [0.2, 0.25) is 0 Å². The molecule has 7 aromatic rings. The lowest BCUT2D eigenvalue weighted by Gasteiger charge is -2.45. The van der Waals surface area contributed by atoms with Gasteiger partial charge in [0.2, 0.25) is 0 Å². The lowest BCUT2D eigenvalue weighted by atomic mass is 9.33. The quantitative estimate of drug-likeness (QED) is 0.162. The first-order valence-electron chi connectivity index (χ1n) is 25.7. The zero-order valence-electron chi connectivity index (χ0n) is 44.9. The predicted molar refractivity (Wildman–Crippen MR) is 302 cm³/mol. The molecular weight excluding hydrogens is 832 g/mol. The molecule has 0 amide bonds. The van der Waals surface area contributed by atoms with Crippen LogP contribution in [-0.2, 0) is 32.5 Å². The van der Waals surface area contributed by atoms with Crippen molar-refractivity contribution < 1.29 is 0 Å². The standard InChI is InChI=1S/C66H75BN2/c1-41-34-58-60-59(35-41)69(55-32-28-47(63(8,9)10)36-50(55)44-20-18-42(19-21-44)43-22-24-45(25-23-43)61(2,3)4)57-39-52-51(65(14,15)40-66(52,16)17)38-54(57)67(60)53-37-48(64(11,12)13)29-33-56(53)68(58)49-30-26-46(27-31-49)62(5,6)7/h18-39H,40H2,1-17H3. The van der Waals surface area contributed by atoms with Crippen LogP contribution < -0.4 is 26.2 Å². The molecule has 352 valence electrons. The summed E-state index contributed by atoms with van der Waals surface area (Å²) in [5, 5.41) is 0. The number of aryl methyl sites for hydroxylation is 1. The zero-order valence-corrected chi connectivity index (χ0v) is 44.9. The SMILES string of the molecule is Cc1cc2c3c(c1)N(c1ccc(C(C)(C)C)cc1-c1ccc(-c4ccc(C(C)(C)C)cc4)cc1)c1cc4c(cc1B3c1cc(C(C)(C)C)ccc1N2c1ccc(C(C)(C)C)cc1)C(C)(C)CC4(C)C. The normalized spacial score (nSPS) is 16.0. The van der Waals surface area contributed by atoms with Crippen molar-refractivity contribution in [1.29, 1.82) is 0 Å². The van der Waals surface area contributed by atoms with Crippen molar-refractivity contribution in [3.8, 4) is 22.3 Å². The van der Waals surface area contributed by atoms with Crippen molar-refractivity contribution in [2.75, 3.05) is 9.80 Å². The van der Waals surface area contributed by atoms with E-state index in [-0.39, 0.29) is 39.2 Å². The van der Waals surface area contributed by atoms with Gasteiger partial charge in [0.05, 0.1) is 5.69 Å². The number of anilines is 6. The van der Waals surface area contributed by atoms with Gasteiger partial charge in [-0.1, -0.05) is 196 Å². The molecule has 0 atom stereocenters. The molecule has 0 spiro atoms. The summed E-state index contributed by atoms with van der Waals surface area (Å²) in [6, 6.07) is 52.9. The maximum absolute atomic E-state index is 2.68. The van der Waals surface area contributed by atoms with Gasteiger partial charge in [-0.15, -0.1) is 0 Å². The molecule has 10 rings (SSSR count). The van der Waals surface area contributed by atoms with E-state index in [2.05, 4.69) is 261 Å².